The van der Waals surface area contributed by atoms with E-state index in [0.717, 1.165) is 5.69 Å². The summed E-state index contributed by atoms with van der Waals surface area (Å²) < 4.78 is 0. The number of rotatable bonds is 4. The molecular weight excluding hydrogens is 373 g/mol. The Labute approximate surface area is 159 Å². The Morgan fingerprint density at radius 3 is 2.50 bits per heavy atom. The van der Waals surface area contributed by atoms with Gasteiger partial charge >= 0.3 is 0 Å². The number of nitriles is 1. The number of nitrogens with one attached hydrogen (secondary N) is 2. The molecule has 2 N–H and O–H groups in total. The number of hydrogen-bond donors (Lipinski definition) is 2. The fourth-order valence-electron chi connectivity index (χ4n) is 2.10. The van der Waals surface area contributed by atoms with Crippen molar-refractivity contribution in [1.82, 2.24) is 9.97 Å². The molecule has 8 heteroatoms. The minimum absolute atomic E-state index is 0.169. The number of aromatic nitrogens is 2. The molecule has 0 aliphatic heterocycles. The van der Waals surface area contributed by atoms with E-state index in [9.17, 15) is 4.79 Å². The zero-order chi connectivity index (χ0) is 18.5. The van der Waals surface area contributed by atoms with Gasteiger partial charge in [0.05, 0.1) is 22.3 Å². The lowest BCUT2D eigenvalue weighted by atomic mass is 10.2. The Morgan fingerprint density at radius 2 is 1.81 bits per heavy atom. The van der Waals surface area contributed by atoms with Crippen molar-refractivity contribution < 1.29 is 4.79 Å². The summed E-state index contributed by atoms with van der Waals surface area (Å²) in [6.07, 6.45) is 1.28. The molecule has 1 amide bonds. The quantitative estimate of drug-likeness (QED) is 0.683. The molecule has 0 aliphatic carbocycles. The summed E-state index contributed by atoms with van der Waals surface area (Å²) in [5, 5.41) is 15.4. The SMILES string of the molecule is N#Cc1ccc(Nc2cc(C(=O)Nc3ccc(Cl)cc3Cl)ncn2)cc1. The van der Waals surface area contributed by atoms with Gasteiger partial charge in [-0.3, -0.25) is 4.79 Å². The third kappa shape index (κ3) is 4.28. The predicted octanol–water partition coefficient (Wildman–Crippen LogP) is 4.65. The smallest absolute Gasteiger partial charge is 0.274 e. The van der Waals surface area contributed by atoms with E-state index in [-0.39, 0.29) is 5.69 Å². The summed E-state index contributed by atoms with van der Waals surface area (Å²) in [4.78, 5) is 20.4. The summed E-state index contributed by atoms with van der Waals surface area (Å²) >= 11 is 11.9. The average Bonchev–Trinajstić information content (AvgIpc) is 2.65. The van der Waals surface area contributed by atoms with Crippen LogP contribution in [0.15, 0.2) is 54.9 Å². The van der Waals surface area contributed by atoms with Gasteiger partial charge in [-0.2, -0.15) is 5.26 Å². The van der Waals surface area contributed by atoms with Gasteiger partial charge in [-0.05, 0) is 42.5 Å². The number of nitrogens with zero attached hydrogens (tertiary/aromatic N) is 3. The van der Waals surface area contributed by atoms with E-state index in [1.807, 2.05) is 6.07 Å². The number of anilines is 3. The van der Waals surface area contributed by atoms with E-state index in [1.165, 1.54) is 18.5 Å². The molecular formula is C18H11Cl2N5O. The van der Waals surface area contributed by atoms with Crippen molar-refractivity contribution >= 4 is 46.3 Å². The molecule has 26 heavy (non-hydrogen) atoms. The van der Waals surface area contributed by atoms with Crippen molar-refractivity contribution in [2.24, 2.45) is 0 Å². The van der Waals surface area contributed by atoms with Crippen LogP contribution in [0.5, 0.6) is 0 Å². The number of benzene rings is 2. The number of halogens is 2. The lowest BCUT2D eigenvalue weighted by Crippen LogP contribution is -2.14. The molecule has 0 atom stereocenters. The zero-order valence-electron chi connectivity index (χ0n) is 13.2. The second kappa shape index (κ2) is 7.83. The Bertz CT molecular complexity index is 999. The van der Waals surface area contributed by atoms with E-state index in [1.54, 1.807) is 36.4 Å². The van der Waals surface area contributed by atoms with Crippen molar-refractivity contribution in [1.29, 1.82) is 5.26 Å². The first-order chi connectivity index (χ1) is 12.5. The van der Waals surface area contributed by atoms with Crippen molar-refractivity contribution in [3.8, 4) is 6.07 Å². The summed E-state index contributed by atoms with van der Waals surface area (Å²) in [5.74, 6) is 0.0107. The van der Waals surface area contributed by atoms with Crippen LogP contribution in [-0.4, -0.2) is 15.9 Å². The molecule has 1 aromatic heterocycles. The maximum absolute atomic E-state index is 12.4. The molecule has 0 bridgehead atoms. The van der Waals surface area contributed by atoms with E-state index in [0.29, 0.717) is 27.1 Å². The third-order valence-corrected chi connectivity index (χ3v) is 3.91. The fourth-order valence-corrected chi connectivity index (χ4v) is 2.56. The van der Waals surface area contributed by atoms with E-state index in [2.05, 4.69) is 20.6 Å². The topological polar surface area (TPSA) is 90.7 Å². The van der Waals surface area contributed by atoms with Crippen LogP contribution < -0.4 is 10.6 Å². The van der Waals surface area contributed by atoms with Crippen LogP contribution in [0.3, 0.4) is 0 Å². The average molecular weight is 384 g/mol. The highest BCUT2D eigenvalue weighted by molar-refractivity contribution is 6.36. The molecule has 0 fully saturated rings. The van der Waals surface area contributed by atoms with E-state index in [4.69, 9.17) is 28.5 Å². The molecule has 6 nitrogen and oxygen atoms in total. The van der Waals surface area contributed by atoms with Gasteiger partial charge in [-0.25, -0.2) is 9.97 Å². The molecule has 3 rings (SSSR count). The van der Waals surface area contributed by atoms with Crippen LogP contribution in [0.25, 0.3) is 0 Å². The highest BCUT2D eigenvalue weighted by atomic mass is 35.5. The molecule has 3 aromatic rings. The number of hydrogen-bond acceptors (Lipinski definition) is 5. The summed E-state index contributed by atoms with van der Waals surface area (Å²) in [7, 11) is 0. The molecule has 0 spiro atoms. The predicted molar refractivity (Wildman–Crippen MR) is 101 cm³/mol. The van der Waals surface area contributed by atoms with E-state index < -0.39 is 5.91 Å². The fraction of sp³-hybridized carbons (Fsp3) is 0. The van der Waals surface area contributed by atoms with Gasteiger partial charge in [0.1, 0.15) is 17.8 Å². The van der Waals surface area contributed by atoms with Crippen LogP contribution >= 0.6 is 23.2 Å². The number of amides is 1. The van der Waals surface area contributed by atoms with Crippen molar-refractivity contribution in [2.45, 2.75) is 0 Å². The Kier molecular flexibility index (Phi) is 5.32. The zero-order valence-corrected chi connectivity index (χ0v) is 14.7. The maximum Gasteiger partial charge on any atom is 0.274 e. The standard InChI is InChI=1S/C18H11Cl2N5O/c19-12-3-6-15(14(20)7-12)25-18(26)16-8-17(23-10-22-16)24-13-4-1-11(9-21)2-5-13/h1-8,10H,(H,25,26)(H,22,23,24). The highest BCUT2D eigenvalue weighted by Crippen LogP contribution is 2.26. The number of carbonyl (C=O) groups excluding carboxylic acids is 1. The first-order valence-electron chi connectivity index (χ1n) is 7.41. The molecule has 0 radical (unpaired) electrons. The molecule has 0 unspecified atom stereocenters. The molecule has 0 saturated carbocycles. The third-order valence-electron chi connectivity index (χ3n) is 3.37. The highest BCUT2D eigenvalue weighted by Gasteiger charge is 2.11. The van der Waals surface area contributed by atoms with Gasteiger partial charge in [0.15, 0.2) is 0 Å². The molecule has 2 aromatic carbocycles. The van der Waals surface area contributed by atoms with Gasteiger partial charge in [-0.1, -0.05) is 23.2 Å². The minimum Gasteiger partial charge on any atom is -0.340 e. The Hall–Kier alpha value is -3.14. The maximum atomic E-state index is 12.4. The minimum atomic E-state index is -0.431. The van der Waals surface area contributed by atoms with Gasteiger partial charge in [-0.15, -0.1) is 0 Å². The van der Waals surface area contributed by atoms with Gasteiger partial charge in [0, 0.05) is 16.8 Å². The largest absolute Gasteiger partial charge is 0.340 e. The molecule has 0 aliphatic rings. The molecule has 128 valence electrons. The lowest BCUT2D eigenvalue weighted by molar-refractivity contribution is 0.102. The first-order valence-corrected chi connectivity index (χ1v) is 8.16. The monoisotopic (exact) mass is 383 g/mol. The summed E-state index contributed by atoms with van der Waals surface area (Å²) in [6.45, 7) is 0. The Morgan fingerprint density at radius 1 is 1.04 bits per heavy atom. The van der Waals surface area contributed by atoms with E-state index >= 15 is 0 Å². The van der Waals surface area contributed by atoms with Crippen LogP contribution in [0.1, 0.15) is 16.1 Å². The normalized spacial score (nSPS) is 10.0. The lowest BCUT2D eigenvalue weighted by Gasteiger charge is -2.09. The molecule has 0 saturated heterocycles. The van der Waals surface area contributed by atoms with Crippen molar-refractivity contribution in [3.63, 3.8) is 0 Å². The van der Waals surface area contributed by atoms with Crippen LogP contribution in [0.4, 0.5) is 17.2 Å². The van der Waals surface area contributed by atoms with Crippen LogP contribution in [-0.2, 0) is 0 Å². The second-order valence-corrected chi connectivity index (χ2v) is 6.02. The van der Waals surface area contributed by atoms with Gasteiger partial charge < -0.3 is 10.6 Å². The van der Waals surface area contributed by atoms with Crippen molar-refractivity contribution in [2.75, 3.05) is 10.6 Å². The Balaban J connectivity index is 1.75. The van der Waals surface area contributed by atoms with Gasteiger partial charge in [0.2, 0.25) is 0 Å². The van der Waals surface area contributed by atoms with Crippen molar-refractivity contribution in [3.05, 3.63) is 76.2 Å². The first kappa shape index (κ1) is 17.7. The summed E-state index contributed by atoms with van der Waals surface area (Å²) in [5.41, 5.74) is 1.89. The second-order valence-electron chi connectivity index (χ2n) is 5.18. The van der Waals surface area contributed by atoms with Crippen LogP contribution in [0, 0.1) is 11.3 Å². The summed E-state index contributed by atoms with van der Waals surface area (Å²) in [6, 6.07) is 15.2. The molecule has 1 heterocycles. The number of carbonyl (C=O) groups is 1. The van der Waals surface area contributed by atoms with Gasteiger partial charge in [0.25, 0.3) is 5.91 Å². The van der Waals surface area contributed by atoms with Crippen LogP contribution in [0.2, 0.25) is 10.0 Å².